The van der Waals surface area contributed by atoms with E-state index in [-0.39, 0.29) is 18.0 Å². The van der Waals surface area contributed by atoms with Crippen molar-refractivity contribution in [3.63, 3.8) is 0 Å². The van der Waals surface area contributed by atoms with Crippen molar-refractivity contribution < 1.29 is 18.0 Å². The van der Waals surface area contributed by atoms with Gasteiger partial charge in [-0.2, -0.15) is 18.3 Å². The minimum atomic E-state index is -4.50. The minimum Gasteiger partial charge on any atom is -0.339 e. The molecule has 1 atom stereocenters. The van der Waals surface area contributed by atoms with Crippen molar-refractivity contribution in [2.24, 2.45) is 0 Å². The van der Waals surface area contributed by atoms with Crippen LogP contribution >= 0.6 is 0 Å². The summed E-state index contributed by atoms with van der Waals surface area (Å²) in [6, 6.07) is 0.772. The lowest BCUT2D eigenvalue weighted by Crippen LogP contribution is -2.28. The van der Waals surface area contributed by atoms with E-state index in [0.717, 1.165) is 18.0 Å². The summed E-state index contributed by atoms with van der Waals surface area (Å²) in [6.07, 6.45) is 0.774. The molecule has 27 heavy (non-hydrogen) atoms. The minimum absolute atomic E-state index is 0.0210. The first-order chi connectivity index (χ1) is 12.8. The fourth-order valence-corrected chi connectivity index (χ4v) is 3.35. The molecule has 2 aromatic heterocycles. The number of hydrogen-bond acceptors (Lipinski definition) is 5. The third-order valence-electron chi connectivity index (χ3n) is 4.87. The van der Waals surface area contributed by atoms with Crippen molar-refractivity contribution in [3.05, 3.63) is 30.4 Å². The number of alkyl halides is 3. The van der Waals surface area contributed by atoms with Gasteiger partial charge >= 0.3 is 12.2 Å². The summed E-state index contributed by atoms with van der Waals surface area (Å²) < 4.78 is 40.3. The quantitative estimate of drug-likeness (QED) is 0.814. The molecule has 0 N–H and O–H groups in total. The molecule has 1 unspecified atom stereocenters. The Hall–Kier alpha value is -2.85. The van der Waals surface area contributed by atoms with Crippen molar-refractivity contribution in [1.29, 1.82) is 0 Å². The number of nitrogens with zero attached hydrogens (tertiary/aromatic N) is 7. The number of hydrogen-bond donors (Lipinski definition) is 0. The Morgan fingerprint density at radius 3 is 2.74 bits per heavy atom. The Bertz CT molecular complexity index is 853. The topological polar surface area (TPSA) is 70.4 Å². The molecule has 0 spiro atoms. The second-order valence-corrected chi connectivity index (χ2v) is 6.66. The van der Waals surface area contributed by atoms with Gasteiger partial charge in [-0.05, 0) is 12.5 Å². The van der Waals surface area contributed by atoms with Gasteiger partial charge in [0.25, 0.3) is 0 Å². The standard InChI is InChI=1S/C16H18F3N7O/c1-23-6-7-25(15(23)27)12-8-21-26(10-12)11-3-5-24(9-11)14-20-4-2-13(22-14)16(17,18)19/h2,4,8,10-11H,3,5-7,9H2,1H3. The molecule has 0 radical (unpaired) electrons. The number of urea groups is 1. The van der Waals surface area contributed by atoms with Gasteiger partial charge in [-0.15, -0.1) is 0 Å². The van der Waals surface area contributed by atoms with Crippen LogP contribution in [0.4, 0.5) is 29.6 Å². The summed E-state index contributed by atoms with van der Waals surface area (Å²) in [7, 11) is 1.75. The molecule has 144 valence electrons. The molecular weight excluding hydrogens is 363 g/mol. The summed E-state index contributed by atoms with van der Waals surface area (Å²) in [5, 5.41) is 4.34. The number of rotatable bonds is 3. The Balaban J connectivity index is 1.47. The van der Waals surface area contributed by atoms with Crippen LogP contribution in [0.1, 0.15) is 18.2 Å². The van der Waals surface area contributed by atoms with E-state index in [9.17, 15) is 18.0 Å². The summed E-state index contributed by atoms with van der Waals surface area (Å²) in [6.45, 7) is 2.26. The summed E-state index contributed by atoms with van der Waals surface area (Å²) >= 11 is 0. The molecule has 0 saturated carbocycles. The Labute approximate surface area is 153 Å². The van der Waals surface area contributed by atoms with Crippen LogP contribution < -0.4 is 9.80 Å². The van der Waals surface area contributed by atoms with E-state index in [4.69, 9.17) is 0 Å². The first-order valence-corrected chi connectivity index (χ1v) is 8.55. The normalized spacial score (nSPS) is 20.8. The lowest BCUT2D eigenvalue weighted by atomic mass is 10.3. The highest BCUT2D eigenvalue weighted by Crippen LogP contribution is 2.30. The van der Waals surface area contributed by atoms with Crippen LogP contribution in [0, 0.1) is 0 Å². The molecule has 2 saturated heterocycles. The molecule has 0 aliphatic carbocycles. The molecule has 0 aromatic carbocycles. The second kappa shape index (κ2) is 6.39. The molecule has 4 rings (SSSR count). The molecule has 2 aliphatic rings. The van der Waals surface area contributed by atoms with Gasteiger partial charge in [-0.3, -0.25) is 9.58 Å². The Morgan fingerprint density at radius 1 is 1.22 bits per heavy atom. The zero-order valence-electron chi connectivity index (χ0n) is 14.6. The number of carbonyl (C=O) groups excluding carboxylic acids is 1. The fourth-order valence-electron chi connectivity index (χ4n) is 3.35. The lowest BCUT2D eigenvalue weighted by Gasteiger charge is -2.17. The van der Waals surface area contributed by atoms with Crippen LogP contribution in [0.2, 0.25) is 0 Å². The van der Waals surface area contributed by atoms with Crippen LogP contribution in [0.5, 0.6) is 0 Å². The van der Waals surface area contributed by atoms with E-state index < -0.39 is 11.9 Å². The van der Waals surface area contributed by atoms with Gasteiger partial charge in [0.15, 0.2) is 0 Å². The molecule has 2 aliphatic heterocycles. The van der Waals surface area contributed by atoms with Crippen molar-refractivity contribution in [1.82, 2.24) is 24.6 Å². The summed E-state index contributed by atoms with van der Waals surface area (Å²) in [5.41, 5.74) is -0.230. The van der Waals surface area contributed by atoms with Gasteiger partial charge in [0, 0.05) is 45.6 Å². The van der Waals surface area contributed by atoms with E-state index in [0.29, 0.717) is 32.6 Å². The average molecular weight is 381 g/mol. The number of anilines is 2. The number of aromatic nitrogens is 4. The van der Waals surface area contributed by atoms with Gasteiger partial charge in [0.1, 0.15) is 5.69 Å². The summed E-state index contributed by atoms with van der Waals surface area (Å²) in [5.74, 6) is 0.0658. The first kappa shape index (κ1) is 17.6. The van der Waals surface area contributed by atoms with Gasteiger partial charge in [0.05, 0.1) is 17.9 Å². The highest BCUT2D eigenvalue weighted by atomic mass is 19.4. The smallest absolute Gasteiger partial charge is 0.339 e. The summed E-state index contributed by atoms with van der Waals surface area (Å²) in [4.78, 5) is 24.7. The van der Waals surface area contributed by atoms with Crippen molar-refractivity contribution >= 4 is 17.7 Å². The lowest BCUT2D eigenvalue weighted by molar-refractivity contribution is -0.141. The van der Waals surface area contributed by atoms with E-state index in [1.165, 1.54) is 0 Å². The van der Waals surface area contributed by atoms with Gasteiger partial charge < -0.3 is 9.80 Å². The van der Waals surface area contributed by atoms with E-state index >= 15 is 0 Å². The van der Waals surface area contributed by atoms with Crippen molar-refractivity contribution in [2.75, 3.05) is 43.0 Å². The van der Waals surface area contributed by atoms with Gasteiger partial charge in [0.2, 0.25) is 5.95 Å². The number of halogens is 3. The van der Waals surface area contributed by atoms with Crippen molar-refractivity contribution in [3.8, 4) is 0 Å². The largest absolute Gasteiger partial charge is 0.433 e. The maximum absolute atomic E-state index is 12.8. The monoisotopic (exact) mass is 381 g/mol. The molecule has 2 amide bonds. The Kier molecular flexibility index (Phi) is 4.16. The zero-order valence-corrected chi connectivity index (χ0v) is 14.6. The highest BCUT2D eigenvalue weighted by molar-refractivity contribution is 5.93. The van der Waals surface area contributed by atoms with Gasteiger partial charge in [-0.25, -0.2) is 14.8 Å². The molecular formula is C16H18F3N7O. The SMILES string of the molecule is CN1CCN(c2cnn(C3CCN(c4nccc(C(F)(F)F)n4)C3)c2)C1=O. The van der Waals surface area contributed by atoms with Gasteiger partial charge in [-0.1, -0.05) is 0 Å². The molecule has 11 heteroatoms. The number of likely N-dealkylation sites (N-methyl/N-ethyl adjacent to an activating group) is 1. The maximum Gasteiger partial charge on any atom is 0.433 e. The molecule has 0 bridgehead atoms. The second-order valence-electron chi connectivity index (χ2n) is 6.66. The van der Waals surface area contributed by atoms with E-state index in [1.807, 2.05) is 0 Å². The third-order valence-corrected chi connectivity index (χ3v) is 4.87. The van der Waals surface area contributed by atoms with E-state index in [1.54, 1.807) is 38.8 Å². The van der Waals surface area contributed by atoms with Crippen LogP contribution in [0.15, 0.2) is 24.7 Å². The number of carbonyl (C=O) groups is 1. The first-order valence-electron chi connectivity index (χ1n) is 8.55. The molecule has 2 aromatic rings. The third kappa shape index (κ3) is 3.28. The van der Waals surface area contributed by atoms with Crippen LogP contribution in [0.25, 0.3) is 0 Å². The molecule has 8 nitrogen and oxygen atoms in total. The highest BCUT2D eigenvalue weighted by Gasteiger charge is 2.34. The maximum atomic E-state index is 12.8. The predicted molar refractivity (Wildman–Crippen MR) is 90.5 cm³/mol. The Morgan fingerprint density at radius 2 is 2.04 bits per heavy atom. The molecule has 2 fully saturated rings. The predicted octanol–water partition coefficient (Wildman–Crippen LogP) is 2.02. The van der Waals surface area contributed by atoms with Crippen LogP contribution in [-0.4, -0.2) is 63.9 Å². The van der Waals surface area contributed by atoms with Crippen LogP contribution in [-0.2, 0) is 6.18 Å². The van der Waals surface area contributed by atoms with E-state index in [2.05, 4.69) is 15.1 Å². The molecule has 4 heterocycles. The van der Waals surface area contributed by atoms with Crippen molar-refractivity contribution in [2.45, 2.75) is 18.6 Å². The average Bonchev–Trinajstić information content (AvgIpc) is 3.35. The number of amides is 2. The van der Waals surface area contributed by atoms with Crippen LogP contribution in [0.3, 0.4) is 0 Å². The zero-order chi connectivity index (χ0) is 19.2. The fraction of sp³-hybridized carbons (Fsp3) is 0.500.